The molecular formula is C16H15N3OS. The second kappa shape index (κ2) is 5.35. The molecule has 0 aliphatic rings. The lowest BCUT2D eigenvalue weighted by atomic mass is 10.0. The van der Waals surface area contributed by atoms with Crippen LogP contribution in [0.4, 0.5) is 5.82 Å². The Balaban J connectivity index is 2.10. The molecule has 0 fully saturated rings. The van der Waals surface area contributed by atoms with Gasteiger partial charge in [-0.25, -0.2) is 9.97 Å². The minimum absolute atomic E-state index is 0.517. The number of nitrogens with zero attached hydrogens (tertiary/aromatic N) is 2. The number of rotatable bonds is 2. The highest BCUT2D eigenvalue weighted by atomic mass is 32.2. The molecule has 0 saturated heterocycles. The first kappa shape index (κ1) is 13.9. The van der Waals surface area contributed by atoms with Crippen molar-refractivity contribution in [1.82, 2.24) is 9.97 Å². The Morgan fingerprint density at radius 3 is 2.57 bits per heavy atom. The van der Waals surface area contributed by atoms with Crippen molar-refractivity contribution in [3.8, 4) is 11.1 Å². The molecule has 4 nitrogen and oxygen atoms in total. The summed E-state index contributed by atoms with van der Waals surface area (Å²) in [5.41, 5.74) is 8.84. The summed E-state index contributed by atoms with van der Waals surface area (Å²) >= 11 is -1.06. The first-order chi connectivity index (χ1) is 10.0. The fourth-order valence-electron chi connectivity index (χ4n) is 2.32. The molecular weight excluding hydrogens is 282 g/mol. The van der Waals surface area contributed by atoms with Gasteiger partial charge < -0.3 is 10.3 Å². The number of nitrogen functional groups attached to an aromatic ring is 1. The molecule has 0 aliphatic carbocycles. The molecule has 0 amide bonds. The standard InChI is InChI=1S/C16H15N3OS/c1-10-5-16(21(2)20)19-9-14(10)12-4-3-11-7-15(17)18-8-13(11)6-12/h3-9H,1-2H3,(H2,17,18). The lowest BCUT2D eigenvalue weighted by Crippen LogP contribution is -2.01. The maximum absolute atomic E-state index is 11.5. The van der Waals surface area contributed by atoms with Gasteiger partial charge in [0.15, 0.2) is 0 Å². The van der Waals surface area contributed by atoms with Gasteiger partial charge in [-0.3, -0.25) is 0 Å². The van der Waals surface area contributed by atoms with Gasteiger partial charge in [0.2, 0.25) is 5.03 Å². The smallest absolute Gasteiger partial charge is 0.244 e. The van der Waals surface area contributed by atoms with Gasteiger partial charge in [0, 0.05) is 40.6 Å². The van der Waals surface area contributed by atoms with Gasteiger partial charge in [-0.15, -0.1) is 0 Å². The number of fused-ring (bicyclic) bond motifs is 1. The van der Waals surface area contributed by atoms with E-state index in [2.05, 4.69) is 16.0 Å². The fourth-order valence-corrected chi connectivity index (χ4v) is 2.86. The van der Waals surface area contributed by atoms with Crippen LogP contribution in [0.15, 0.2) is 47.8 Å². The molecule has 0 spiro atoms. The molecule has 106 valence electrons. The predicted octanol–water partition coefficient (Wildman–Crippen LogP) is 2.92. The number of aryl methyl sites for hydroxylation is 1. The van der Waals surface area contributed by atoms with E-state index in [0.29, 0.717) is 10.8 Å². The Morgan fingerprint density at radius 1 is 1.05 bits per heavy atom. The molecule has 3 aromatic rings. The van der Waals surface area contributed by atoms with Gasteiger partial charge in [-0.1, -0.05) is 12.1 Å². The molecule has 21 heavy (non-hydrogen) atoms. The lowest BCUT2D eigenvalue weighted by Gasteiger charge is -2.09. The van der Waals surface area contributed by atoms with Crippen LogP contribution in [0.5, 0.6) is 0 Å². The van der Waals surface area contributed by atoms with E-state index in [0.717, 1.165) is 27.5 Å². The van der Waals surface area contributed by atoms with Crippen LogP contribution in [0, 0.1) is 6.92 Å². The Labute approximate surface area is 126 Å². The van der Waals surface area contributed by atoms with E-state index in [1.54, 1.807) is 18.6 Å². The number of anilines is 1. The van der Waals surface area contributed by atoms with Crippen molar-refractivity contribution in [1.29, 1.82) is 0 Å². The monoisotopic (exact) mass is 297 g/mol. The third-order valence-corrected chi connectivity index (χ3v) is 4.25. The highest BCUT2D eigenvalue weighted by molar-refractivity contribution is 7.90. The number of benzene rings is 1. The van der Waals surface area contributed by atoms with Gasteiger partial charge in [0.1, 0.15) is 12.1 Å². The predicted molar refractivity (Wildman–Crippen MR) is 86.5 cm³/mol. The van der Waals surface area contributed by atoms with E-state index >= 15 is 0 Å². The van der Waals surface area contributed by atoms with Gasteiger partial charge in [-0.2, -0.15) is 0 Å². The van der Waals surface area contributed by atoms with E-state index in [1.165, 1.54) is 0 Å². The Hall–Kier alpha value is -2.11. The quantitative estimate of drug-likeness (QED) is 0.738. The van der Waals surface area contributed by atoms with Gasteiger partial charge in [0.05, 0.1) is 0 Å². The normalized spacial score (nSPS) is 12.5. The van der Waals surface area contributed by atoms with E-state index in [4.69, 9.17) is 5.73 Å². The molecule has 0 saturated carbocycles. The third-order valence-electron chi connectivity index (χ3n) is 3.43. The largest absolute Gasteiger partial charge is 0.610 e. The van der Waals surface area contributed by atoms with E-state index in [1.807, 2.05) is 31.2 Å². The zero-order valence-corrected chi connectivity index (χ0v) is 12.6. The Kier molecular flexibility index (Phi) is 3.53. The van der Waals surface area contributed by atoms with Crippen LogP contribution >= 0.6 is 0 Å². The molecule has 3 rings (SSSR count). The minimum Gasteiger partial charge on any atom is -0.610 e. The molecule has 1 aromatic carbocycles. The summed E-state index contributed by atoms with van der Waals surface area (Å²) in [6, 6.07) is 9.85. The second-order valence-electron chi connectivity index (χ2n) is 4.96. The SMILES string of the molecule is Cc1cc([S+](C)[O-])ncc1-c1ccc2cc(N)ncc2c1. The van der Waals surface area contributed by atoms with Crippen molar-refractivity contribution in [3.63, 3.8) is 0 Å². The van der Waals surface area contributed by atoms with E-state index in [-0.39, 0.29) is 0 Å². The summed E-state index contributed by atoms with van der Waals surface area (Å²) < 4.78 is 11.5. The molecule has 2 N–H and O–H groups in total. The molecule has 0 aliphatic heterocycles. The average molecular weight is 297 g/mol. The Bertz CT molecular complexity index is 818. The van der Waals surface area contributed by atoms with Crippen LogP contribution in [-0.4, -0.2) is 20.8 Å². The molecule has 1 atom stereocenters. The molecule has 1 unspecified atom stereocenters. The van der Waals surface area contributed by atoms with Gasteiger partial charge in [-0.05, 0) is 35.6 Å². The lowest BCUT2D eigenvalue weighted by molar-refractivity contribution is 0.597. The molecule has 5 heteroatoms. The zero-order valence-electron chi connectivity index (χ0n) is 11.8. The van der Waals surface area contributed by atoms with Crippen molar-refractivity contribution in [3.05, 3.63) is 48.3 Å². The number of aromatic nitrogens is 2. The number of nitrogens with two attached hydrogens (primary N) is 1. The van der Waals surface area contributed by atoms with Crippen molar-refractivity contribution < 1.29 is 4.55 Å². The highest BCUT2D eigenvalue weighted by Gasteiger charge is 2.10. The second-order valence-corrected chi connectivity index (χ2v) is 6.29. The van der Waals surface area contributed by atoms with Gasteiger partial charge >= 0.3 is 0 Å². The first-order valence-electron chi connectivity index (χ1n) is 6.50. The van der Waals surface area contributed by atoms with Crippen LogP contribution in [0.2, 0.25) is 0 Å². The van der Waals surface area contributed by atoms with E-state index in [9.17, 15) is 4.55 Å². The number of hydrogen-bond acceptors (Lipinski definition) is 4. The van der Waals surface area contributed by atoms with Crippen LogP contribution in [0.3, 0.4) is 0 Å². The summed E-state index contributed by atoms with van der Waals surface area (Å²) in [6.45, 7) is 2.00. The van der Waals surface area contributed by atoms with Crippen molar-refractivity contribution in [2.45, 2.75) is 11.9 Å². The molecule has 2 aromatic heterocycles. The first-order valence-corrected chi connectivity index (χ1v) is 8.06. The summed E-state index contributed by atoms with van der Waals surface area (Å²) in [5.74, 6) is 0.517. The third kappa shape index (κ3) is 2.70. The number of pyridine rings is 2. The molecule has 0 bridgehead atoms. The fraction of sp³-hybridized carbons (Fsp3) is 0.125. The van der Waals surface area contributed by atoms with Crippen LogP contribution in [0.25, 0.3) is 21.9 Å². The summed E-state index contributed by atoms with van der Waals surface area (Å²) in [4.78, 5) is 8.40. The molecule has 0 radical (unpaired) electrons. The molecule has 2 heterocycles. The maximum Gasteiger partial charge on any atom is 0.244 e. The van der Waals surface area contributed by atoms with Crippen LogP contribution in [0.1, 0.15) is 5.56 Å². The summed E-state index contributed by atoms with van der Waals surface area (Å²) in [5, 5.41) is 2.69. The number of hydrogen-bond donors (Lipinski definition) is 1. The topological polar surface area (TPSA) is 74.9 Å². The highest BCUT2D eigenvalue weighted by Crippen LogP contribution is 2.27. The maximum atomic E-state index is 11.5. The van der Waals surface area contributed by atoms with Crippen molar-refractivity contribution >= 4 is 27.8 Å². The summed E-state index contributed by atoms with van der Waals surface area (Å²) in [6.07, 6.45) is 5.18. The minimum atomic E-state index is -1.06. The van der Waals surface area contributed by atoms with E-state index < -0.39 is 11.2 Å². The van der Waals surface area contributed by atoms with Crippen LogP contribution in [-0.2, 0) is 11.2 Å². The Morgan fingerprint density at radius 2 is 1.86 bits per heavy atom. The van der Waals surface area contributed by atoms with Gasteiger partial charge in [0.25, 0.3) is 0 Å². The van der Waals surface area contributed by atoms with Crippen molar-refractivity contribution in [2.75, 3.05) is 12.0 Å². The van der Waals surface area contributed by atoms with Crippen molar-refractivity contribution in [2.24, 2.45) is 0 Å². The zero-order chi connectivity index (χ0) is 15.0. The average Bonchev–Trinajstić information content (AvgIpc) is 2.46. The van der Waals surface area contributed by atoms with Crippen LogP contribution < -0.4 is 5.73 Å². The summed E-state index contributed by atoms with van der Waals surface area (Å²) in [7, 11) is 0.